The SMILES string of the molecule is CCn1cccc1C(=O)NCc1ccc(C(=O)O)cc1. The van der Waals surface area contributed by atoms with Gasteiger partial charge in [0.1, 0.15) is 5.69 Å². The number of nitrogens with zero attached hydrogens (tertiary/aromatic N) is 1. The molecule has 0 saturated carbocycles. The second kappa shape index (κ2) is 6.06. The lowest BCUT2D eigenvalue weighted by Gasteiger charge is -2.08. The van der Waals surface area contributed by atoms with Crippen molar-refractivity contribution >= 4 is 11.9 Å². The molecule has 2 N–H and O–H groups in total. The van der Waals surface area contributed by atoms with Gasteiger partial charge in [0.25, 0.3) is 5.91 Å². The van der Waals surface area contributed by atoms with Gasteiger partial charge in [-0.1, -0.05) is 12.1 Å². The topological polar surface area (TPSA) is 71.3 Å². The van der Waals surface area contributed by atoms with Crippen molar-refractivity contribution in [1.29, 1.82) is 0 Å². The molecule has 0 spiro atoms. The Balaban J connectivity index is 1.98. The lowest BCUT2D eigenvalue weighted by Crippen LogP contribution is -2.25. The number of rotatable bonds is 5. The maximum atomic E-state index is 12.0. The molecule has 0 unspecified atom stereocenters. The predicted octanol–water partition coefficient (Wildman–Crippen LogP) is 2.14. The van der Waals surface area contributed by atoms with Crippen LogP contribution in [0.5, 0.6) is 0 Å². The number of carboxylic acids is 1. The van der Waals surface area contributed by atoms with Crippen LogP contribution in [-0.4, -0.2) is 21.6 Å². The van der Waals surface area contributed by atoms with Gasteiger partial charge in [-0.3, -0.25) is 4.79 Å². The quantitative estimate of drug-likeness (QED) is 0.876. The average molecular weight is 272 g/mol. The van der Waals surface area contributed by atoms with E-state index in [1.165, 1.54) is 12.1 Å². The van der Waals surface area contributed by atoms with Gasteiger partial charge < -0.3 is 15.0 Å². The average Bonchev–Trinajstić information content (AvgIpc) is 2.93. The summed E-state index contributed by atoms with van der Waals surface area (Å²) in [6.45, 7) is 3.08. The third-order valence-electron chi connectivity index (χ3n) is 3.06. The van der Waals surface area contributed by atoms with Crippen LogP contribution in [0, 0.1) is 0 Å². The van der Waals surface area contributed by atoms with Crippen molar-refractivity contribution in [2.24, 2.45) is 0 Å². The summed E-state index contributed by atoms with van der Waals surface area (Å²) in [6.07, 6.45) is 1.86. The molecule has 0 aliphatic carbocycles. The van der Waals surface area contributed by atoms with Gasteiger partial charge in [0.15, 0.2) is 0 Å². The van der Waals surface area contributed by atoms with Gasteiger partial charge in [0, 0.05) is 19.3 Å². The van der Waals surface area contributed by atoms with Crippen molar-refractivity contribution < 1.29 is 14.7 Å². The Bertz CT molecular complexity index is 614. The van der Waals surface area contributed by atoms with Crippen LogP contribution in [-0.2, 0) is 13.1 Å². The fourth-order valence-electron chi connectivity index (χ4n) is 1.93. The number of carboxylic acid groups (broad SMARTS) is 1. The molecule has 0 saturated heterocycles. The molecule has 2 rings (SSSR count). The van der Waals surface area contributed by atoms with Crippen LogP contribution >= 0.6 is 0 Å². The van der Waals surface area contributed by atoms with Crippen LogP contribution in [0.25, 0.3) is 0 Å². The van der Waals surface area contributed by atoms with Crippen molar-refractivity contribution in [2.45, 2.75) is 20.0 Å². The minimum atomic E-state index is -0.957. The molecule has 1 aromatic heterocycles. The summed E-state index contributed by atoms with van der Waals surface area (Å²) in [5.74, 6) is -1.10. The Morgan fingerprint density at radius 3 is 2.50 bits per heavy atom. The van der Waals surface area contributed by atoms with E-state index >= 15 is 0 Å². The second-order valence-corrected chi connectivity index (χ2v) is 4.36. The van der Waals surface area contributed by atoms with Crippen molar-refractivity contribution in [3.63, 3.8) is 0 Å². The van der Waals surface area contributed by atoms with Gasteiger partial charge in [-0.15, -0.1) is 0 Å². The molecule has 0 aliphatic rings. The summed E-state index contributed by atoms with van der Waals surface area (Å²) in [5.41, 5.74) is 1.72. The molecular weight excluding hydrogens is 256 g/mol. The van der Waals surface area contributed by atoms with Gasteiger partial charge in [-0.2, -0.15) is 0 Å². The number of hydrogen-bond donors (Lipinski definition) is 2. The van der Waals surface area contributed by atoms with Gasteiger partial charge in [0.2, 0.25) is 0 Å². The zero-order valence-corrected chi connectivity index (χ0v) is 11.2. The van der Waals surface area contributed by atoms with E-state index < -0.39 is 5.97 Å². The van der Waals surface area contributed by atoms with Crippen LogP contribution in [0.1, 0.15) is 33.3 Å². The Labute approximate surface area is 116 Å². The summed E-state index contributed by atoms with van der Waals surface area (Å²) in [6, 6.07) is 10.1. The van der Waals surface area contributed by atoms with Crippen LogP contribution < -0.4 is 5.32 Å². The predicted molar refractivity (Wildman–Crippen MR) is 74.7 cm³/mol. The van der Waals surface area contributed by atoms with Gasteiger partial charge in [-0.25, -0.2) is 4.79 Å². The Hall–Kier alpha value is -2.56. The Kier molecular flexibility index (Phi) is 4.20. The Morgan fingerprint density at radius 2 is 1.90 bits per heavy atom. The fraction of sp³-hybridized carbons (Fsp3) is 0.200. The first-order valence-corrected chi connectivity index (χ1v) is 6.37. The van der Waals surface area contributed by atoms with E-state index in [0.717, 1.165) is 12.1 Å². The first-order valence-electron chi connectivity index (χ1n) is 6.37. The lowest BCUT2D eigenvalue weighted by molar-refractivity contribution is 0.0696. The molecule has 1 aromatic carbocycles. The standard InChI is InChI=1S/C15H16N2O3/c1-2-17-9-3-4-13(17)14(18)16-10-11-5-7-12(8-6-11)15(19)20/h3-9H,2,10H2,1H3,(H,16,18)(H,19,20). The van der Waals surface area contributed by atoms with Crippen molar-refractivity contribution in [2.75, 3.05) is 0 Å². The molecule has 2 aromatic rings. The summed E-state index contributed by atoms with van der Waals surface area (Å²) in [5, 5.41) is 11.6. The number of nitrogens with one attached hydrogen (secondary N) is 1. The highest BCUT2D eigenvalue weighted by molar-refractivity contribution is 5.92. The summed E-state index contributed by atoms with van der Waals surface area (Å²) in [4.78, 5) is 22.7. The highest BCUT2D eigenvalue weighted by Crippen LogP contribution is 2.06. The molecule has 0 radical (unpaired) electrons. The monoisotopic (exact) mass is 272 g/mol. The van der Waals surface area contributed by atoms with Gasteiger partial charge in [0.05, 0.1) is 5.56 Å². The van der Waals surface area contributed by atoms with E-state index in [2.05, 4.69) is 5.32 Å². The van der Waals surface area contributed by atoms with Crippen molar-refractivity contribution in [1.82, 2.24) is 9.88 Å². The number of carbonyl (C=O) groups is 2. The molecule has 5 nitrogen and oxygen atoms in total. The fourth-order valence-corrected chi connectivity index (χ4v) is 1.93. The maximum Gasteiger partial charge on any atom is 0.335 e. The molecule has 0 bridgehead atoms. The van der Waals surface area contributed by atoms with E-state index in [4.69, 9.17) is 5.11 Å². The van der Waals surface area contributed by atoms with Crippen molar-refractivity contribution in [3.05, 3.63) is 59.4 Å². The van der Waals surface area contributed by atoms with Crippen LogP contribution in [0.3, 0.4) is 0 Å². The minimum absolute atomic E-state index is 0.140. The number of amides is 1. The number of carbonyl (C=O) groups excluding carboxylic acids is 1. The molecule has 0 fully saturated rings. The number of hydrogen-bond acceptors (Lipinski definition) is 2. The number of benzene rings is 1. The Morgan fingerprint density at radius 1 is 1.20 bits per heavy atom. The largest absolute Gasteiger partial charge is 0.478 e. The normalized spacial score (nSPS) is 10.2. The van der Waals surface area contributed by atoms with Crippen LogP contribution in [0.15, 0.2) is 42.6 Å². The number of aryl methyl sites for hydroxylation is 1. The highest BCUT2D eigenvalue weighted by atomic mass is 16.4. The van der Waals surface area contributed by atoms with Crippen LogP contribution in [0.4, 0.5) is 0 Å². The smallest absolute Gasteiger partial charge is 0.335 e. The summed E-state index contributed by atoms with van der Waals surface area (Å²) < 4.78 is 1.86. The first-order chi connectivity index (χ1) is 9.61. The minimum Gasteiger partial charge on any atom is -0.478 e. The molecule has 0 aliphatic heterocycles. The zero-order valence-electron chi connectivity index (χ0n) is 11.2. The molecule has 20 heavy (non-hydrogen) atoms. The molecule has 5 heteroatoms. The van der Waals surface area contributed by atoms with E-state index in [1.807, 2.05) is 23.8 Å². The summed E-state index contributed by atoms with van der Waals surface area (Å²) >= 11 is 0. The zero-order chi connectivity index (χ0) is 14.5. The highest BCUT2D eigenvalue weighted by Gasteiger charge is 2.09. The second-order valence-electron chi connectivity index (χ2n) is 4.36. The molecular formula is C15H16N2O3. The van der Waals surface area contributed by atoms with E-state index in [1.54, 1.807) is 18.2 Å². The third kappa shape index (κ3) is 3.06. The lowest BCUT2D eigenvalue weighted by atomic mass is 10.1. The molecule has 1 heterocycles. The number of aromatic nitrogens is 1. The first kappa shape index (κ1) is 13.9. The third-order valence-corrected chi connectivity index (χ3v) is 3.06. The number of aromatic carboxylic acids is 1. The summed E-state index contributed by atoms with van der Waals surface area (Å²) in [7, 11) is 0. The maximum absolute atomic E-state index is 12.0. The molecule has 104 valence electrons. The van der Waals surface area contributed by atoms with Crippen molar-refractivity contribution in [3.8, 4) is 0 Å². The van der Waals surface area contributed by atoms with E-state index in [0.29, 0.717) is 12.2 Å². The van der Waals surface area contributed by atoms with E-state index in [-0.39, 0.29) is 11.5 Å². The van der Waals surface area contributed by atoms with Gasteiger partial charge >= 0.3 is 5.97 Å². The van der Waals surface area contributed by atoms with Gasteiger partial charge in [-0.05, 0) is 36.8 Å². The molecule has 1 amide bonds. The molecule has 0 atom stereocenters. The van der Waals surface area contributed by atoms with E-state index in [9.17, 15) is 9.59 Å². The van der Waals surface area contributed by atoms with Crippen LogP contribution in [0.2, 0.25) is 0 Å².